The molecular formula is C24H14I3OS+. The summed E-state index contributed by atoms with van der Waals surface area (Å²) in [7, 11) is -0.0667. The van der Waals surface area contributed by atoms with Gasteiger partial charge in [0.1, 0.15) is 5.75 Å². The van der Waals surface area contributed by atoms with E-state index in [0.717, 1.165) is 18.6 Å². The normalized spacial score (nSPS) is 11.3. The molecule has 0 unspecified atom stereocenters. The third kappa shape index (κ3) is 3.79. The van der Waals surface area contributed by atoms with E-state index in [9.17, 15) is 0 Å². The SMILES string of the molecule is Ic1cc(I)c(Oc2ccc(-[s+]3c4ccccc4c4ccccc43)cc2)c(I)c1. The van der Waals surface area contributed by atoms with Crippen molar-refractivity contribution in [3.63, 3.8) is 0 Å². The molecule has 29 heavy (non-hydrogen) atoms. The second-order valence-corrected chi connectivity index (χ2v) is 12.1. The first-order valence-electron chi connectivity index (χ1n) is 8.97. The van der Waals surface area contributed by atoms with E-state index in [-0.39, 0.29) is 10.5 Å². The maximum atomic E-state index is 6.24. The average Bonchev–Trinajstić information content (AvgIpc) is 3.06. The molecule has 0 aliphatic heterocycles. The number of hydrogen-bond acceptors (Lipinski definition) is 1. The van der Waals surface area contributed by atoms with E-state index >= 15 is 0 Å². The van der Waals surface area contributed by atoms with E-state index in [4.69, 9.17) is 4.74 Å². The van der Waals surface area contributed by atoms with Crippen LogP contribution in [0, 0.1) is 10.7 Å². The molecule has 142 valence electrons. The first kappa shape index (κ1) is 20.0. The second kappa shape index (κ2) is 8.32. The van der Waals surface area contributed by atoms with Gasteiger partial charge < -0.3 is 4.74 Å². The number of halogens is 3. The Balaban J connectivity index is 1.58. The Morgan fingerprint density at radius 3 is 1.69 bits per heavy atom. The van der Waals surface area contributed by atoms with Crippen LogP contribution < -0.4 is 4.74 Å². The molecule has 0 aliphatic rings. The van der Waals surface area contributed by atoms with E-state index in [0.29, 0.717) is 0 Å². The Labute approximate surface area is 212 Å². The minimum Gasteiger partial charge on any atom is -0.455 e. The van der Waals surface area contributed by atoms with Crippen LogP contribution in [0.1, 0.15) is 0 Å². The highest BCUT2D eigenvalue weighted by Crippen LogP contribution is 2.48. The maximum Gasteiger partial charge on any atom is 0.187 e. The summed E-state index contributed by atoms with van der Waals surface area (Å²) in [6.07, 6.45) is 0. The summed E-state index contributed by atoms with van der Waals surface area (Å²) in [5, 5.41) is 2.71. The molecule has 5 heteroatoms. The zero-order chi connectivity index (χ0) is 20.0. The Bertz CT molecular complexity index is 1280. The van der Waals surface area contributed by atoms with Gasteiger partial charge in [0.2, 0.25) is 0 Å². The van der Waals surface area contributed by atoms with Crippen LogP contribution >= 0.6 is 78.2 Å². The minimum atomic E-state index is -0.0667. The van der Waals surface area contributed by atoms with E-state index in [2.05, 4.69) is 153 Å². The Kier molecular flexibility index (Phi) is 5.74. The molecule has 0 fully saturated rings. The zero-order valence-electron chi connectivity index (χ0n) is 15.0. The first-order chi connectivity index (χ1) is 14.1. The third-order valence-electron chi connectivity index (χ3n) is 4.75. The van der Waals surface area contributed by atoms with Crippen LogP contribution in [0.4, 0.5) is 0 Å². The molecule has 0 saturated heterocycles. The van der Waals surface area contributed by atoms with Crippen LogP contribution in [0.5, 0.6) is 11.5 Å². The highest BCUT2D eigenvalue weighted by Gasteiger charge is 2.23. The Hall–Kier alpha value is -0.910. The number of ether oxygens (including phenoxy) is 1. The number of hydrogen-bond donors (Lipinski definition) is 0. The van der Waals surface area contributed by atoms with Gasteiger partial charge in [0.15, 0.2) is 20.0 Å². The number of rotatable bonds is 3. The van der Waals surface area contributed by atoms with E-state index in [1.54, 1.807) is 0 Å². The lowest BCUT2D eigenvalue weighted by atomic mass is 10.2. The average molecular weight is 731 g/mol. The Morgan fingerprint density at radius 2 is 1.14 bits per heavy atom. The van der Waals surface area contributed by atoms with Crippen LogP contribution in [0.25, 0.3) is 25.1 Å². The molecular weight excluding hydrogens is 717 g/mol. The predicted octanol–water partition coefficient (Wildman–Crippen LogP) is 9.34. The molecule has 0 saturated carbocycles. The summed E-state index contributed by atoms with van der Waals surface area (Å²) in [4.78, 5) is 1.32. The Morgan fingerprint density at radius 1 is 0.621 bits per heavy atom. The third-order valence-corrected chi connectivity index (χ3v) is 9.31. The summed E-state index contributed by atoms with van der Waals surface area (Å²) in [6, 6.07) is 30.4. The highest BCUT2D eigenvalue weighted by molar-refractivity contribution is 14.1. The molecule has 0 amide bonds. The first-order valence-corrected chi connectivity index (χ1v) is 13.4. The van der Waals surface area contributed by atoms with Gasteiger partial charge >= 0.3 is 0 Å². The lowest BCUT2D eigenvalue weighted by Crippen LogP contribution is -1.92. The fourth-order valence-corrected chi connectivity index (χ4v) is 9.68. The van der Waals surface area contributed by atoms with Crippen molar-refractivity contribution >= 4 is 98.4 Å². The van der Waals surface area contributed by atoms with Crippen LogP contribution in [0.2, 0.25) is 0 Å². The van der Waals surface area contributed by atoms with Crippen LogP contribution in [0.15, 0.2) is 84.9 Å². The molecule has 4 aromatic carbocycles. The monoisotopic (exact) mass is 731 g/mol. The summed E-state index contributed by atoms with van der Waals surface area (Å²) < 4.78 is 12.5. The minimum absolute atomic E-state index is 0.0667. The molecule has 0 atom stereocenters. The molecule has 5 aromatic rings. The van der Waals surface area contributed by atoms with Gasteiger partial charge in [-0.15, -0.1) is 0 Å². The summed E-state index contributed by atoms with van der Waals surface area (Å²) >= 11 is 7.03. The molecule has 0 bridgehead atoms. The number of fused-ring (bicyclic) bond motifs is 3. The fraction of sp³-hybridized carbons (Fsp3) is 0. The van der Waals surface area contributed by atoms with Crippen LogP contribution in [-0.2, 0) is 0 Å². The smallest absolute Gasteiger partial charge is 0.187 e. The van der Waals surface area contributed by atoms with Gasteiger partial charge in [0.25, 0.3) is 0 Å². The van der Waals surface area contributed by atoms with Crippen molar-refractivity contribution < 1.29 is 4.74 Å². The quantitative estimate of drug-likeness (QED) is 0.133. The van der Waals surface area contributed by atoms with Crippen molar-refractivity contribution in [3.8, 4) is 16.4 Å². The summed E-state index contributed by atoms with van der Waals surface area (Å²) in [5.41, 5.74) is 0. The molecule has 5 rings (SSSR count). The van der Waals surface area contributed by atoms with Crippen molar-refractivity contribution in [1.82, 2.24) is 0 Å². The lowest BCUT2D eigenvalue weighted by molar-refractivity contribution is 0.476. The largest absolute Gasteiger partial charge is 0.455 e. The van der Waals surface area contributed by atoms with Gasteiger partial charge in [-0.2, -0.15) is 0 Å². The van der Waals surface area contributed by atoms with Crippen molar-refractivity contribution in [3.05, 3.63) is 95.6 Å². The highest BCUT2D eigenvalue weighted by atomic mass is 127. The van der Waals surface area contributed by atoms with Gasteiger partial charge in [-0.25, -0.2) is 0 Å². The molecule has 0 radical (unpaired) electrons. The molecule has 1 heterocycles. The van der Waals surface area contributed by atoms with Gasteiger partial charge in [-0.05, 0) is 116 Å². The van der Waals surface area contributed by atoms with Crippen LogP contribution in [0.3, 0.4) is 0 Å². The van der Waals surface area contributed by atoms with E-state index < -0.39 is 0 Å². The van der Waals surface area contributed by atoms with Crippen molar-refractivity contribution in [2.24, 2.45) is 0 Å². The van der Waals surface area contributed by atoms with Crippen molar-refractivity contribution in [2.45, 2.75) is 0 Å². The van der Waals surface area contributed by atoms with E-state index in [1.807, 2.05) is 0 Å². The molecule has 1 aromatic heterocycles. The number of benzene rings is 4. The molecule has 0 spiro atoms. The zero-order valence-corrected chi connectivity index (χ0v) is 22.3. The summed E-state index contributed by atoms with van der Waals surface area (Å²) in [5.74, 6) is 1.80. The van der Waals surface area contributed by atoms with E-state index in [1.165, 1.54) is 28.6 Å². The predicted molar refractivity (Wildman–Crippen MR) is 150 cm³/mol. The second-order valence-electron chi connectivity index (χ2n) is 6.57. The van der Waals surface area contributed by atoms with Crippen LogP contribution in [-0.4, -0.2) is 0 Å². The molecule has 0 N–H and O–H groups in total. The standard InChI is InChI=1S/C24H14I3OS/c25-15-13-20(26)24(21(27)14-15)28-16-9-11-17(12-10-16)29-22-7-3-1-5-18(22)19-6-2-4-8-23(19)29/h1-14H/q+1. The fourth-order valence-electron chi connectivity index (χ4n) is 3.49. The lowest BCUT2D eigenvalue weighted by Gasteiger charge is -2.10. The number of thiophene rings is 1. The van der Waals surface area contributed by atoms with Crippen molar-refractivity contribution in [1.29, 1.82) is 0 Å². The summed E-state index contributed by atoms with van der Waals surface area (Å²) in [6.45, 7) is 0. The van der Waals surface area contributed by atoms with Gasteiger partial charge in [-0.1, -0.05) is 24.3 Å². The maximum absolute atomic E-state index is 6.24. The molecule has 1 nitrogen and oxygen atoms in total. The topological polar surface area (TPSA) is 9.23 Å². The molecule has 0 aliphatic carbocycles. The van der Waals surface area contributed by atoms with Gasteiger partial charge in [0.05, 0.1) is 7.14 Å². The van der Waals surface area contributed by atoms with Gasteiger partial charge in [0, 0.05) is 36.9 Å². The van der Waals surface area contributed by atoms with Crippen molar-refractivity contribution in [2.75, 3.05) is 0 Å². The van der Waals surface area contributed by atoms with Gasteiger partial charge in [-0.3, -0.25) is 0 Å².